The molecule has 0 atom stereocenters. The lowest BCUT2D eigenvalue weighted by Gasteiger charge is -2.23. The standard InChI is InChI=1S/C23H21NO5S/c1-27-18-13-15(14-19(28-2)23(18)29-3)11-12-16-7-6-10-21-22(16)24-17-8-4-5-9-20(17)30(21,25)26/h4-14,24H,1-3H3/b12-11+. The minimum Gasteiger partial charge on any atom is -0.493 e. The highest BCUT2D eigenvalue weighted by Crippen LogP contribution is 2.42. The molecular weight excluding hydrogens is 402 g/mol. The van der Waals surface area contributed by atoms with E-state index >= 15 is 0 Å². The van der Waals surface area contributed by atoms with Crippen LogP contribution in [0.2, 0.25) is 0 Å². The lowest BCUT2D eigenvalue weighted by atomic mass is 10.1. The zero-order chi connectivity index (χ0) is 21.3. The fourth-order valence-corrected chi connectivity index (χ4v) is 5.08. The molecule has 7 heteroatoms. The molecule has 1 aliphatic heterocycles. The highest BCUT2D eigenvalue weighted by molar-refractivity contribution is 7.92. The van der Waals surface area contributed by atoms with Crippen molar-refractivity contribution in [3.8, 4) is 17.2 Å². The van der Waals surface area contributed by atoms with E-state index in [4.69, 9.17) is 14.2 Å². The second kappa shape index (κ2) is 7.76. The van der Waals surface area contributed by atoms with Crippen LogP contribution in [0.4, 0.5) is 11.4 Å². The van der Waals surface area contributed by atoms with Gasteiger partial charge in [0.15, 0.2) is 11.5 Å². The van der Waals surface area contributed by atoms with Gasteiger partial charge in [-0.3, -0.25) is 0 Å². The fourth-order valence-electron chi connectivity index (χ4n) is 3.49. The number of hydrogen-bond acceptors (Lipinski definition) is 6. The molecule has 0 unspecified atom stereocenters. The van der Waals surface area contributed by atoms with Crippen LogP contribution >= 0.6 is 0 Å². The largest absolute Gasteiger partial charge is 0.493 e. The third-order valence-electron chi connectivity index (χ3n) is 4.93. The molecular formula is C23H21NO5S. The Morgan fingerprint density at radius 3 is 2.13 bits per heavy atom. The molecule has 1 N–H and O–H groups in total. The average Bonchev–Trinajstić information content (AvgIpc) is 2.77. The number of benzene rings is 3. The maximum atomic E-state index is 13.0. The summed E-state index contributed by atoms with van der Waals surface area (Å²) in [6, 6.07) is 15.8. The number of hydrogen-bond donors (Lipinski definition) is 1. The zero-order valence-corrected chi connectivity index (χ0v) is 17.6. The summed E-state index contributed by atoms with van der Waals surface area (Å²) in [6.07, 6.45) is 3.73. The van der Waals surface area contributed by atoms with Crippen molar-refractivity contribution < 1.29 is 22.6 Å². The first-order valence-electron chi connectivity index (χ1n) is 9.22. The van der Waals surface area contributed by atoms with Crippen LogP contribution in [0.15, 0.2) is 64.4 Å². The van der Waals surface area contributed by atoms with E-state index in [9.17, 15) is 8.42 Å². The molecule has 1 aliphatic rings. The zero-order valence-electron chi connectivity index (χ0n) is 16.8. The third-order valence-corrected chi connectivity index (χ3v) is 6.78. The summed E-state index contributed by atoms with van der Waals surface area (Å²) in [4.78, 5) is 0.538. The summed E-state index contributed by atoms with van der Waals surface area (Å²) in [5.74, 6) is 1.60. The van der Waals surface area contributed by atoms with Crippen molar-refractivity contribution >= 4 is 33.4 Å². The highest BCUT2D eigenvalue weighted by atomic mass is 32.2. The van der Waals surface area contributed by atoms with E-state index in [0.29, 0.717) is 28.6 Å². The molecule has 3 aromatic carbocycles. The van der Waals surface area contributed by atoms with E-state index in [1.807, 2.05) is 30.4 Å². The summed E-state index contributed by atoms with van der Waals surface area (Å²) < 4.78 is 42.2. The molecule has 0 aromatic heterocycles. The van der Waals surface area contributed by atoms with Gasteiger partial charge in [-0.2, -0.15) is 0 Å². The van der Waals surface area contributed by atoms with Gasteiger partial charge < -0.3 is 19.5 Å². The monoisotopic (exact) mass is 423 g/mol. The Kier molecular flexibility index (Phi) is 5.13. The van der Waals surface area contributed by atoms with Crippen molar-refractivity contribution in [2.75, 3.05) is 26.6 Å². The number of para-hydroxylation sites is 2. The SMILES string of the molecule is COc1cc(/C=C/c2cccc3c2Nc2ccccc2S3(=O)=O)cc(OC)c1OC. The van der Waals surface area contributed by atoms with E-state index in [2.05, 4.69) is 5.32 Å². The minimum atomic E-state index is -3.59. The Bertz CT molecular complexity index is 1220. The first kappa shape index (κ1) is 19.8. The number of fused-ring (bicyclic) bond motifs is 2. The van der Waals surface area contributed by atoms with Crippen LogP contribution in [-0.4, -0.2) is 29.7 Å². The van der Waals surface area contributed by atoms with Gasteiger partial charge >= 0.3 is 0 Å². The number of nitrogens with one attached hydrogen (secondary N) is 1. The van der Waals surface area contributed by atoms with Crippen molar-refractivity contribution in [1.82, 2.24) is 0 Å². The maximum absolute atomic E-state index is 13.0. The Labute approximate surface area is 175 Å². The fraction of sp³-hybridized carbons (Fsp3) is 0.130. The van der Waals surface area contributed by atoms with E-state index < -0.39 is 9.84 Å². The number of ether oxygens (including phenoxy) is 3. The van der Waals surface area contributed by atoms with Crippen molar-refractivity contribution in [2.45, 2.75) is 9.79 Å². The molecule has 0 bridgehead atoms. The summed E-state index contributed by atoms with van der Waals surface area (Å²) in [5.41, 5.74) is 2.69. The second-order valence-electron chi connectivity index (χ2n) is 6.64. The lowest BCUT2D eigenvalue weighted by Crippen LogP contribution is -2.14. The van der Waals surface area contributed by atoms with Crippen LogP contribution in [0, 0.1) is 0 Å². The number of anilines is 2. The summed E-state index contributed by atoms with van der Waals surface area (Å²) in [5, 5.41) is 3.26. The average molecular weight is 423 g/mol. The Morgan fingerprint density at radius 1 is 0.800 bits per heavy atom. The normalized spacial score (nSPS) is 13.8. The van der Waals surface area contributed by atoms with Gasteiger partial charge in [0, 0.05) is 0 Å². The lowest BCUT2D eigenvalue weighted by molar-refractivity contribution is 0.324. The number of rotatable bonds is 5. The van der Waals surface area contributed by atoms with E-state index in [-0.39, 0.29) is 9.79 Å². The molecule has 4 rings (SSSR count). The van der Waals surface area contributed by atoms with Crippen LogP contribution in [0.1, 0.15) is 11.1 Å². The molecule has 1 heterocycles. The third kappa shape index (κ3) is 3.27. The first-order chi connectivity index (χ1) is 14.5. The predicted octanol–water partition coefficient (Wildman–Crippen LogP) is 4.77. The smallest absolute Gasteiger partial charge is 0.210 e. The molecule has 0 saturated heterocycles. The van der Waals surface area contributed by atoms with Crippen molar-refractivity contribution in [3.05, 3.63) is 65.7 Å². The van der Waals surface area contributed by atoms with Gasteiger partial charge in [-0.25, -0.2) is 8.42 Å². The van der Waals surface area contributed by atoms with Gasteiger partial charge in [-0.15, -0.1) is 0 Å². The molecule has 0 saturated carbocycles. The van der Waals surface area contributed by atoms with Crippen LogP contribution < -0.4 is 19.5 Å². The molecule has 0 spiro atoms. The van der Waals surface area contributed by atoms with Crippen molar-refractivity contribution in [1.29, 1.82) is 0 Å². The Hall–Kier alpha value is -3.45. The number of methoxy groups -OCH3 is 3. The molecule has 154 valence electrons. The predicted molar refractivity (Wildman–Crippen MR) is 117 cm³/mol. The number of sulfone groups is 1. The van der Waals surface area contributed by atoms with Crippen LogP contribution in [0.5, 0.6) is 17.2 Å². The summed E-state index contributed by atoms with van der Waals surface area (Å²) in [6.45, 7) is 0. The van der Waals surface area contributed by atoms with Crippen molar-refractivity contribution in [3.63, 3.8) is 0 Å². The van der Waals surface area contributed by atoms with Gasteiger partial charge in [0.1, 0.15) is 0 Å². The van der Waals surface area contributed by atoms with Gasteiger partial charge in [0.2, 0.25) is 15.6 Å². The van der Waals surface area contributed by atoms with Gasteiger partial charge in [0.05, 0.1) is 42.5 Å². The van der Waals surface area contributed by atoms with Crippen LogP contribution in [-0.2, 0) is 9.84 Å². The highest BCUT2D eigenvalue weighted by Gasteiger charge is 2.30. The van der Waals surface area contributed by atoms with E-state index in [1.165, 1.54) is 0 Å². The van der Waals surface area contributed by atoms with E-state index in [1.54, 1.807) is 57.7 Å². The Balaban J connectivity index is 1.78. The summed E-state index contributed by atoms with van der Waals surface area (Å²) in [7, 11) is 1.08. The first-order valence-corrected chi connectivity index (χ1v) is 10.7. The van der Waals surface area contributed by atoms with Gasteiger partial charge in [-0.1, -0.05) is 36.4 Å². The minimum absolute atomic E-state index is 0.258. The second-order valence-corrected chi connectivity index (χ2v) is 8.52. The topological polar surface area (TPSA) is 73.9 Å². The molecule has 0 amide bonds. The summed E-state index contributed by atoms with van der Waals surface area (Å²) >= 11 is 0. The van der Waals surface area contributed by atoms with Crippen LogP contribution in [0.3, 0.4) is 0 Å². The molecule has 0 aliphatic carbocycles. The van der Waals surface area contributed by atoms with Gasteiger partial charge in [0.25, 0.3) is 0 Å². The molecule has 6 nitrogen and oxygen atoms in total. The van der Waals surface area contributed by atoms with Gasteiger partial charge in [-0.05, 0) is 41.5 Å². The molecule has 3 aromatic rings. The molecule has 0 radical (unpaired) electrons. The van der Waals surface area contributed by atoms with E-state index in [0.717, 1.165) is 11.1 Å². The Morgan fingerprint density at radius 2 is 1.47 bits per heavy atom. The quantitative estimate of drug-likeness (QED) is 0.466. The maximum Gasteiger partial charge on any atom is 0.210 e. The molecule has 0 fully saturated rings. The van der Waals surface area contributed by atoms with Crippen molar-refractivity contribution in [2.24, 2.45) is 0 Å². The van der Waals surface area contributed by atoms with Crippen LogP contribution in [0.25, 0.3) is 12.2 Å². The molecule has 30 heavy (non-hydrogen) atoms.